The van der Waals surface area contributed by atoms with Crippen LogP contribution in [0.2, 0.25) is 0 Å². The zero-order chi connectivity index (χ0) is 37.2. The molecule has 0 spiro atoms. The van der Waals surface area contributed by atoms with Crippen LogP contribution in [0.4, 0.5) is 17.1 Å². The molecule has 0 aliphatic heterocycles. The molecule has 8 aromatic rings. The predicted octanol–water partition coefficient (Wildman–Crippen LogP) is 13.5. The molecule has 0 radical (unpaired) electrons. The van der Waals surface area contributed by atoms with Gasteiger partial charge in [-0.1, -0.05) is 194 Å². The Bertz CT molecular complexity index is 2490. The maximum atomic E-state index is 9.85. The molecule has 8 aromatic carbocycles. The number of hydrogen-bond acceptors (Lipinski definition) is 2. The van der Waals surface area contributed by atoms with Crippen molar-refractivity contribution in [1.82, 2.24) is 0 Å². The number of allylic oxidation sites excluding steroid dienone is 2. The number of nitrogens with zero attached hydrogens (tertiary/aromatic N) is 1. The van der Waals surface area contributed by atoms with Gasteiger partial charge in [-0.3, -0.25) is 0 Å². The first kappa shape index (κ1) is 35.1. The van der Waals surface area contributed by atoms with Gasteiger partial charge < -0.3 is 10.0 Å². The summed E-state index contributed by atoms with van der Waals surface area (Å²) < 4.78 is 0. The van der Waals surface area contributed by atoms with Crippen molar-refractivity contribution in [3.63, 3.8) is 0 Å². The molecule has 0 saturated carbocycles. The Morgan fingerprint density at radius 2 is 0.891 bits per heavy atom. The van der Waals surface area contributed by atoms with Gasteiger partial charge in [0.1, 0.15) is 0 Å². The van der Waals surface area contributed by atoms with Gasteiger partial charge in [0.2, 0.25) is 0 Å². The summed E-state index contributed by atoms with van der Waals surface area (Å²) in [7, 11) is 0. The molecule has 0 aliphatic carbocycles. The van der Waals surface area contributed by atoms with Crippen molar-refractivity contribution in [3.05, 3.63) is 257 Å². The Hall–Kier alpha value is -7.00. The Morgan fingerprint density at radius 3 is 1.40 bits per heavy atom. The van der Waals surface area contributed by atoms with Crippen LogP contribution in [0.15, 0.2) is 218 Å². The quantitative estimate of drug-likeness (QED) is 0.107. The molecule has 0 heterocycles. The van der Waals surface area contributed by atoms with Crippen LogP contribution in [-0.4, -0.2) is 5.11 Å². The summed E-state index contributed by atoms with van der Waals surface area (Å²) in [4.78, 5) is 2.31. The summed E-state index contributed by atoms with van der Waals surface area (Å²) in [6.07, 6.45) is 8.84. The van der Waals surface area contributed by atoms with E-state index in [0.29, 0.717) is 0 Å². The first-order valence-electron chi connectivity index (χ1n) is 18.7. The molecule has 55 heavy (non-hydrogen) atoms. The highest BCUT2D eigenvalue weighted by molar-refractivity contribution is 6.03. The van der Waals surface area contributed by atoms with Crippen molar-refractivity contribution in [2.24, 2.45) is 0 Å². The number of rotatable bonds is 11. The summed E-state index contributed by atoms with van der Waals surface area (Å²) in [5.41, 5.74) is 13.3. The third-order valence-corrected chi connectivity index (χ3v) is 9.89. The second-order valence-electron chi connectivity index (χ2n) is 13.4. The molecule has 0 fully saturated rings. The lowest BCUT2D eigenvalue weighted by Gasteiger charge is -2.27. The molecule has 0 bridgehead atoms. The van der Waals surface area contributed by atoms with E-state index in [1.165, 1.54) is 33.4 Å². The first-order chi connectivity index (χ1) is 27.2. The Balaban J connectivity index is 1.19. The molecule has 0 aliphatic rings. The molecule has 264 valence electrons. The fraction of sp³-hybridized carbons (Fsp3) is 0.0189. The molecule has 8 rings (SSSR count). The van der Waals surface area contributed by atoms with Crippen LogP contribution in [0, 0.1) is 0 Å². The molecule has 2 heteroatoms. The molecule has 1 N–H and O–H groups in total. The average molecular weight is 708 g/mol. The molecular weight excluding hydrogens is 667 g/mol. The summed E-state index contributed by atoms with van der Waals surface area (Å²) >= 11 is 0. The van der Waals surface area contributed by atoms with E-state index in [0.717, 1.165) is 44.5 Å². The minimum absolute atomic E-state index is 0.00113. The van der Waals surface area contributed by atoms with Crippen LogP contribution in [-0.2, 0) is 6.61 Å². The fourth-order valence-corrected chi connectivity index (χ4v) is 7.12. The minimum Gasteiger partial charge on any atom is -0.392 e. The van der Waals surface area contributed by atoms with Crippen LogP contribution in [0.25, 0.3) is 34.1 Å². The SMILES string of the molecule is OCc1ccc(N(c2ccc(C=C(c3ccccc3)c3ccccc3)cc2)c2ccc(C=CC=C(c3ccccc3)c3ccccc3)c3ccccc23)cc1. The van der Waals surface area contributed by atoms with E-state index >= 15 is 0 Å². The highest BCUT2D eigenvalue weighted by Crippen LogP contribution is 2.40. The molecule has 0 aromatic heterocycles. The predicted molar refractivity (Wildman–Crippen MR) is 233 cm³/mol. The Morgan fingerprint density at radius 1 is 0.436 bits per heavy atom. The summed E-state index contributed by atoms with van der Waals surface area (Å²) in [5, 5.41) is 12.2. The number of aliphatic hydroxyl groups is 1. The molecule has 2 nitrogen and oxygen atoms in total. The monoisotopic (exact) mass is 707 g/mol. The second-order valence-corrected chi connectivity index (χ2v) is 13.4. The van der Waals surface area contributed by atoms with E-state index in [1.807, 2.05) is 12.1 Å². The Labute approximate surface area is 323 Å². The van der Waals surface area contributed by atoms with Gasteiger partial charge in [-0.2, -0.15) is 0 Å². The first-order valence-corrected chi connectivity index (χ1v) is 18.7. The maximum Gasteiger partial charge on any atom is 0.0681 e. The van der Waals surface area contributed by atoms with Crippen molar-refractivity contribution in [2.45, 2.75) is 6.61 Å². The van der Waals surface area contributed by atoms with Crippen molar-refractivity contribution in [3.8, 4) is 0 Å². The van der Waals surface area contributed by atoms with Crippen molar-refractivity contribution < 1.29 is 5.11 Å². The maximum absolute atomic E-state index is 9.85. The largest absolute Gasteiger partial charge is 0.392 e. The molecule has 0 unspecified atom stereocenters. The van der Waals surface area contributed by atoms with Crippen molar-refractivity contribution in [1.29, 1.82) is 0 Å². The minimum atomic E-state index is 0.00113. The standard InChI is InChI=1S/C53H41NO/c55-39-41-30-35-48(36-31-41)54(47-33-28-40(29-34-47)38-52(44-20-9-3-10-21-44)45-22-11-4-12-23-45)53-37-32-46(50-25-13-14-26-51(50)53)24-15-27-49(42-16-5-1-6-17-42)43-18-7-2-8-19-43/h1-38,55H,39H2. The third-order valence-electron chi connectivity index (χ3n) is 9.89. The average Bonchev–Trinajstić information content (AvgIpc) is 3.27. The molecule has 0 amide bonds. The fourth-order valence-electron chi connectivity index (χ4n) is 7.12. The van der Waals surface area contributed by atoms with E-state index in [1.54, 1.807) is 0 Å². The van der Waals surface area contributed by atoms with Crippen molar-refractivity contribution in [2.75, 3.05) is 4.90 Å². The highest BCUT2D eigenvalue weighted by atomic mass is 16.3. The highest BCUT2D eigenvalue weighted by Gasteiger charge is 2.17. The summed E-state index contributed by atoms with van der Waals surface area (Å²) in [5.74, 6) is 0. The normalized spacial score (nSPS) is 11.0. The Kier molecular flexibility index (Phi) is 10.7. The summed E-state index contributed by atoms with van der Waals surface area (Å²) in [6, 6.07) is 72.2. The van der Waals surface area contributed by atoms with Gasteiger partial charge >= 0.3 is 0 Å². The van der Waals surface area contributed by atoms with Crippen LogP contribution in [0.3, 0.4) is 0 Å². The lowest BCUT2D eigenvalue weighted by atomic mass is 9.95. The van der Waals surface area contributed by atoms with E-state index in [4.69, 9.17) is 0 Å². The number of benzene rings is 8. The lowest BCUT2D eigenvalue weighted by Crippen LogP contribution is -2.10. The van der Waals surface area contributed by atoms with Gasteiger partial charge in [0.25, 0.3) is 0 Å². The van der Waals surface area contributed by atoms with Gasteiger partial charge in [-0.25, -0.2) is 0 Å². The second kappa shape index (κ2) is 16.8. The van der Waals surface area contributed by atoms with Crippen LogP contribution in [0.5, 0.6) is 0 Å². The van der Waals surface area contributed by atoms with Gasteiger partial charge in [0.05, 0.1) is 12.3 Å². The van der Waals surface area contributed by atoms with E-state index in [9.17, 15) is 5.11 Å². The van der Waals surface area contributed by atoms with E-state index in [-0.39, 0.29) is 6.61 Å². The lowest BCUT2D eigenvalue weighted by molar-refractivity contribution is 0.282. The zero-order valence-electron chi connectivity index (χ0n) is 30.5. The van der Waals surface area contributed by atoms with Crippen LogP contribution < -0.4 is 4.90 Å². The van der Waals surface area contributed by atoms with E-state index < -0.39 is 0 Å². The zero-order valence-corrected chi connectivity index (χ0v) is 30.5. The van der Waals surface area contributed by atoms with Crippen molar-refractivity contribution >= 4 is 51.1 Å². The number of fused-ring (bicyclic) bond motifs is 1. The van der Waals surface area contributed by atoms with Crippen LogP contribution in [0.1, 0.15) is 38.9 Å². The topological polar surface area (TPSA) is 23.5 Å². The van der Waals surface area contributed by atoms with Gasteiger partial charge in [-0.05, 0) is 91.9 Å². The van der Waals surface area contributed by atoms with Gasteiger partial charge in [-0.15, -0.1) is 0 Å². The number of aliphatic hydroxyl groups excluding tert-OH is 1. The third kappa shape index (κ3) is 8.01. The number of hydrogen-bond donors (Lipinski definition) is 1. The molecule has 0 atom stereocenters. The molecular formula is C53H41NO. The smallest absolute Gasteiger partial charge is 0.0681 e. The van der Waals surface area contributed by atoms with E-state index in [2.05, 4.69) is 223 Å². The van der Waals surface area contributed by atoms with Gasteiger partial charge in [0.15, 0.2) is 0 Å². The molecule has 0 saturated heterocycles. The number of anilines is 3. The summed E-state index contributed by atoms with van der Waals surface area (Å²) in [6.45, 7) is 0.00113. The van der Waals surface area contributed by atoms with Crippen LogP contribution >= 0.6 is 0 Å². The van der Waals surface area contributed by atoms with Gasteiger partial charge in [0, 0.05) is 16.8 Å².